The number of carbonyl (C=O) groups excluding carboxylic acids is 1. The average Bonchev–Trinajstić information content (AvgIpc) is 3.00. The van der Waals surface area contributed by atoms with Crippen LogP contribution in [-0.4, -0.2) is 27.4 Å². The number of amides is 1. The summed E-state index contributed by atoms with van der Waals surface area (Å²) in [6.07, 6.45) is 0. The maximum atomic E-state index is 12.1. The Kier molecular flexibility index (Phi) is 6.39. The van der Waals surface area contributed by atoms with Crippen LogP contribution in [0, 0.1) is 24.2 Å². The van der Waals surface area contributed by atoms with Crippen molar-refractivity contribution in [3.05, 3.63) is 29.8 Å². The Balaban J connectivity index is 1.89. The van der Waals surface area contributed by atoms with E-state index >= 15 is 0 Å². The van der Waals surface area contributed by atoms with Crippen molar-refractivity contribution in [1.82, 2.24) is 15.5 Å². The standard InChI is InChI=1S/C17H21N5OS2/c1-11(2)17(4,10-18)20-14(23)9-24-16-22-21-15(25-16)19-13-7-5-6-12(3)8-13/h5-8,11H,9H2,1-4H3,(H,19,21)(H,20,23). The monoisotopic (exact) mass is 375 g/mol. The minimum absolute atomic E-state index is 0.0260. The molecule has 0 saturated carbocycles. The summed E-state index contributed by atoms with van der Waals surface area (Å²) in [5.74, 6) is 0.0348. The summed E-state index contributed by atoms with van der Waals surface area (Å²) in [5.41, 5.74) is 1.25. The van der Waals surface area contributed by atoms with E-state index in [9.17, 15) is 10.1 Å². The van der Waals surface area contributed by atoms with E-state index in [1.165, 1.54) is 23.1 Å². The molecule has 1 amide bonds. The van der Waals surface area contributed by atoms with Crippen molar-refractivity contribution >= 4 is 39.8 Å². The molecule has 1 heterocycles. The molecule has 0 saturated heterocycles. The fraction of sp³-hybridized carbons (Fsp3) is 0.412. The molecular weight excluding hydrogens is 354 g/mol. The van der Waals surface area contributed by atoms with Gasteiger partial charge >= 0.3 is 0 Å². The number of nitrogens with zero attached hydrogens (tertiary/aromatic N) is 3. The molecule has 0 fully saturated rings. The highest BCUT2D eigenvalue weighted by molar-refractivity contribution is 8.01. The van der Waals surface area contributed by atoms with E-state index in [1.54, 1.807) is 6.92 Å². The summed E-state index contributed by atoms with van der Waals surface area (Å²) in [5, 5.41) is 24.1. The topological polar surface area (TPSA) is 90.7 Å². The molecule has 2 rings (SSSR count). The minimum atomic E-state index is -0.864. The molecule has 1 aromatic heterocycles. The van der Waals surface area contributed by atoms with Crippen LogP contribution in [0.1, 0.15) is 26.3 Å². The van der Waals surface area contributed by atoms with Gasteiger partial charge in [0, 0.05) is 5.69 Å². The maximum Gasteiger partial charge on any atom is 0.231 e. The first-order valence-corrected chi connectivity index (χ1v) is 9.65. The van der Waals surface area contributed by atoms with Crippen LogP contribution >= 0.6 is 23.1 Å². The second kappa shape index (κ2) is 8.32. The molecule has 0 radical (unpaired) electrons. The summed E-state index contributed by atoms with van der Waals surface area (Å²) in [6, 6.07) is 10.1. The van der Waals surface area contributed by atoms with Gasteiger partial charge in [-0.25, -0.2) is 0 Å². The number of rotatable bonds is 7. The average molecular weight is 376 g/mol. The molecular formula is C17H21N5OS2. The number of aryl methyl sites for hydroxylation is 1. The first-order chi connectivity index (χ1) is 11.8. The number of nitrogens with one attached hydrogen (secondary N) is 2. The van der Waals surface area contributed by atoms with E-state index in [4.69, 9.17) is 0 Å². The van der Waals surface area contributed by atoms with Crippen molar-refractivity contribution < 1.29 is 4.79 Å². The van der Waals surface area contributed by atoms with Crippen molar-refractivity contribution in [2.45, 2.75) is 37.6 Å². The Morgan fingerprint density at radius 2 is 2.20 bits per heavy atom. The smallest absolute Gasteiger partial charge is 0.231 e. The van der Waals surface area contributed by atoms with Crippen molar-refractivity contribution in [2.24, 2.45) is 5.92 Å². The Morgan fingerprint density at radius 1 is 1.44 bits per heavy atom. The van der Waals surface area contributed by atoms with Crippen molar-refractivity contribution in [1.29, 1.82) is 5.26 Å². The van der Waals surface area contributed by atoms with E-state index in [1.807, 2.05) is 45.0 Å². The number of thioether (sulfide) groups is 1. The Hall–Kier alpha value is -2.11. The zero-order chi connectivity index (χ0) is 18.4. The zero-order valence-corrected chi connectivity index (χ0v) is 16.3. The maximum absolute atomic E-state index is 12.1. The number of hydrogen-bond acceptors (Lipinski definition) is 7. The Morgan fingerprint density at radius 3 is 2.84 bits per heavy atom. The predicted molar refractivity (Wildman–Crippen MR) is 102 cm³/mol. The summed E-state index contributed by atoms with van der Waals surface area (Å²) in [7, 11) is 0. The van der Waals surface area contributed by atoms with E-state index in [-0.39, 0.29) is 17.6 Å². The third kappa shape index (κ3) is 5.44. The molecule has 0 spiro atoms. The van der Waals surface area contributed by atoms with Gasteiger partial charge < -0.3 is 10.6 Å². The van der Waals surface area contributed by atoms with Crippen LogP contribution < -0.4 is 10.6 Å². The largest absolute Gasteiger partial charge is 0.337 e. The number of benzene rings is 1. The lowest BCUT2D eigenvalue weighted by atomic mass is 9.90. The lowest BCUT2D eigenvalue weighted by molar-refractivity contribution is -0.120. The highest BCUT2D eigenvalue weighted by Crippen LogP contribution is 2.28. The second-order valence-electron chi connectivity index (χ2n) is 6.17. The molecule has 6 nitrogen and oxygen atoms in total. The summed E-state index contributed by atoms with van der Waals surface area (Å²) in [4.78, 5) is 12.1. The molecule has 2 aromatic rings. The third-order valence-electron chi connectivity index (χ3n) is 3.79. The molecule has 1 aromatic carbocycles. The molecule has 2 N–H and O–H groups in total. The molecule has 25 heavy (non-hydrogen) atoms. The van der Waals surface area contributed by atoms with Gasteiger partial charge in [0.2, 0.25) is 11.0 Å². The van der Waals surface area contributed by atoms with Crippen molar-refractivity contribution in [3.8, 4) is 6.07 Å². The Bertz CT molecular complexity index is 783. The number of nitriles is 1. The van der Waals surface area contributed by atoms with E-state index in [2.05, 4.69) is 26.9 Å². The lowest BCUT2D eigenvalue weighted by Gasteiger charge is -2.27. The first kappa shape index (κ1) is 19.2. The fourth-order valence-electron chi connectivity index (χ4n) is 1.92. The summed E-state index contributed by atoms with van der Waals surface area (Å²) in [6.45, 7) is 7.57. The van der Waals surface area contributed by atoms with Crippen LogP contribution in [-0.2, 0) is 4.79 Å². The molecule has 8 heteroatoms. The molecule has 0 bridgehead atoms. The van der Waals surface area contributed by atoms with Gasteiger partial charge in [-0.05, 0) is 37.5 Å². The summed E-state index contributed by atoms with van der Waals surface area (Å²) < 4.78 is 0.702. The van der Waals surface area contributed by atoms with E-state index < -0.39 is 5.54 Å². The van der Waals surface area contributed by atoms with Gasteiger partial charge in [0.1, 0.15) is 5.54 Å². The van der Waals surface area contributed by atoms with Gasteiger partial charge in [-0.15, -0.1) is 10.2 Å². The van der Waals surface area contributed by atoms with Gasteiger partial charge in [0.05, 0.1) is 11.8 Å². The van der Waals surface area contributed by atoms with Gasteiger partial charge in [-0.2, -0.15) is 5.26 Å². The van der Waals surface area contributed by atoms with E-state index in [0.717, 1.165) is 11.3 Å². The van der Waals surface area contributed by atoms with Gasteiger partial charge in [0.25, 0.3) is 0 Å². The summed E-state index contributed by atoms with van der Waals surface area (Å²) >= 11 is 2.70. The molecule has 1 atom stereocenters. The third-order valence-corrected chi connectivity index (χ3v) is 5.76. The van der Waals surface area contributed by atoms with Crippen LogP contribution in [0.5, 0.6) is 0 Å². The number of carbonyl (C=O) groups is 1. The molecule has 132 valence electrons. The molecule has 1 unspecified atom stereocenters. The van der Waals surface area contributed by atoms with Crippen LogP contribution in [0.2, 0.25) is 0 Å². The van der Waals surface area contributed by atoms with Crippen molar-refractivity contribution in [3.63, 3.8) is 0 Å². The minimum Gasteiger partial charge on any atom is -0.337 e. The van der Waals surface area contributed by atoms with Gasteiger partial charge in [0.15, 0.2) is 4.34 Å². The molecule has 0 aliphatic carbocycles. The highest BCUT2D eigenvalue weighted by Gasteiger charge is 2.29. The second-order valence-corrected chi connectivity index (χ2v) is 8.37. The van der Waals surface area contributed by atoms with Crippen LogP contribution in [0.25, 0.3) is 0 Å². The first-order valence-electron chi connectivity index (χ1n) is 7.84. The van der Waals surface area contributed by atoms with Gasteiger partial charge in [-0.3, -0.25) is 4.79 Å². The zero-order valence-electron chi connectivity index (χ0n) is 14.7. The fourth-order valence-corrected chi connectivity index (χ4v) is 3.49. The normalized spacial score (nSPS) is 13.1. The quantitative estimate of drug-likeness (QED) is 0.717. The van der Waals surface area contributed by atoms with Crippen LogP contribution in [0.4, 0.5) is 10.8 Å². The number of hydrogen-bond donors (Lipinski definition) is 2. The lowest BCUT2D eigenvalue weighted by Crippen LogP contribution is -2.49. The molecule has 0 aliphatic rings. The number of anilines is 2. The van der Waals surface area contributed by atoms with E-state index in [0.29, 0.717) is 9.47 Å². The van der Waals surface area contributed by atoms with Crippen LogP contribution in [0.15, 0.2) is 28.6 Å². The highest BCUT2D eigenvalue weighted by atomic mass is 32.2. The Labute approximate surface area is 156 Å². The van der Waals surface area contributed by atoms with Crippen LogP contribution in [0.3, 0.4) is 0 Å². The molecule has 0 aliphatic heterocycles. The predicted octanol–water partition coefficient (Wildman–Crippen LogP) is 3.74. The SMILES string of the molecule is Cc1cccc(Nc2nnc(SCC(=O)NC(C)(C#N)C(C)C)s2)c1. The van der Waals surface area contributed by atoms with Gasteiger partial charge in [-0.1, -0.05) is 49.1 Å². The van der Waals surface area contributed by atoms with Crippen molar-refractivity contribution in [2.75, 3.05) is 11.1 Å². The number of aromatic nitrogens is 2.